The number of nitrogens with one attached hydrogen (secondary N) is 2. The fourth-order valence-corrected chi connectivity index (χ4v) is 3.50. The van der Waals surface area contributed by atoms with E-state index in [1.807, 2.05) is 0 Å². The quantitative estimate of drug-likeness (QED) is 0.529. The Morgan fingerprint density at radius 2 is 2.18 bits per heavy atom. The van der Waals surface area contributed by atoms with Gasteiger partial charge in [-0.15, -0.1) is 0 Å². The molecule has 0 aromatic carbocycles. The Kier molecular flexibility index (Phi) is 6.96. The molecule has 2 aliphatic rings. The van der Waals surface area contributed by atoms with Crippen LogP contribution in [0.4, 0.5) is 0 Å². The van der Waals surface area contributed by atoms with Crippen LogP contribution in [0.1, 0.15) is 39.0 Å². The number of nitrogens with zero attached hydrogens (tertiary/aromatic N) is 2. The lowest BCUT2D eigenvalue weighted by molar-refractivity contribution is 0.0778. The zero-order chi connectivity index (χ0) is 15.8. The van der Waals surface area contributed by atoms with Crippen LogP contribution in [-0.4, -0.2) is 64.3 Å². The van der Waals surface area contributed by atoms with Crippen LogP contribution in [0.15, 0.2) is 4.99 Å². The Bertz CT molecular complexity index is 355. The second kappa shape index (κ2) is 8.73. The summed E-state index contributed by atoms with van der Waals surface area (Å²) < 4.78 is 5.27. The smallest absolute Gasteiger partial charge is 0.191 e. The molecule has 0 aromatic heterocycles. The van der Waals surface area contributed by atoms with Gasteiger partial charge in [-0.2, -0.15) is 0 Å². The summed E-state index contributed by atoms with van der Waals surface area (Å²) in [7, 11) is 4.00. The van der Waals surface area contributed by atoms with Crippen molar-refractivity contribution in [2.45, 2.75) is 39.0 Å². The van der Waals surface area contributed by atoms with E-state index in [1.165, 1.54) is 38.8 Å². The van der Waals surface area contributed by atoms with Crippen molar-refractivity contribution in [3.8, 4) is 0 Å². The highest BCUT2D eigenvalue weighted by molar-refractivity contribution is 5.79. The predicted molar refractivity (Wildman–Crippen MR) is 92.4 cm³/mol. The van der Waals surface area contributed by atoms with Crippen LogP contribution in [0.3, 0.4) is 0 Å². The molecule has 1 atom stereocenters. The van der Waals surface area contributed by atoms with Gasteiger partial charge in [-0.1, -0.05) is 6.42 Å². The highest BCUT2D eigenvalue weighted by Gasteiger charge is 2.36. The highest BCUT2D eigenvalue weighted by atomic mass is 16.5. The standard InChI is InChI=1S/C17H34N4O/c1-4-18-16(19-12-15-6-10-21(2)13-15)20-14-17(7-5-8-17)9-11-22-3/h15H,4-14H2,1-3H3,(H2,18,19,20). The third-order valence-electron chi connectivity index (χ3n) is 5.21. The van der Waals surface area contributed by atoms with Crippen LogP contribution in [0.25, 0.3) is 0 Å². The van der Waals surface area contributed by atoms with E-state index in [2.05, 4.69) is 29.5 Å². The molecule has 22 heavy (non-hydrogen) atoms. The second-order valence-corrected chi connectivity index (χ2v) is 7.09. The highest BCUT2D eigenvalue weighted by Crippen LogP contribution is 2.44. The van der Waals surface area contributed by atoms with E-state index in [9.17, 15) is 0 Å². The first-order valence-electron chi connectivity index (χ1n) is 8.87. The van der Waals surface area contributed by atoms with Crippen LogP contribution in [0.2, 0.25) is 0 Å². The van der Waals surface area contributed by atoms with Crippen molar-refractivity contribution in [2.24, 2.45) is 16.3 Å². The Labute approximate surface area is 135 Å². The van der Waals surface area contributed by atoms with Crippen LogP contribution in [0.5, 0.6) is 0 Å². The summed E-state index contributed by atoms with van der Waals surface area (Å²) in [4.78, 5) is 7.27. The summed E-state index contributed by atoms with van der Waals surface area (Å²) in [5, 5.41) is 6.93. The number of hydrogen-bond donors (Lipinski definition) is 2. The first kappa shape index (κ1) is 17.5. The number of guanidine groups is 1. The van der Waals surface area contributed by atoms with E-state index >= 15 is 0 Å². The normalized spacial score (nSPS) is 25.0. The Balaban J connectivity index is 1.80. The molecule has 0 aromatic rings. The average Bonchev–Trinajstić information content (AvgIpc) is 2.88. The summed E-state index contributed by atoms with van der Waals surface area (Å²) in [6.45, 7) is 8.28. The molecule has 1 aliphatic carbocycles. The maximum Gasteiger partial charge on any atom is 0.191 e. The molecule has 0 spiro atoms. The molecule has 0 radical (unpaired) electrons. The third kappa shape index (κ3) is 5.13. The number of rotatable bonds is 8. The molecular weight excluding hydrogens is 276 g/mol. The molecular formula is C17H34N4O. The summed E-state index contributed by atoms with van der Waals surface area (Å²) >= 11 is 0. The molecule has 5 nitrogen and oxygen atoms in total. The molecule has 2 N–H and O–H groups in total. The Morgan fingerprint density at radius 1 is 1.36 bits per heavy atom. The van der Waals surface area contributed by atoms with E-state index in [0.29, 0.717) is 5.41 Å². The molecule has 1 saturated carbocycles. The van der Waals surface area contributed by atoms with Gasteiger partial charge in [-0.25, -0.2) is 0 Å². The van der Waals surface area contributed by atoms with E-state index in [0.717, 1.165) is 44.5 Å². The van der Waals surface area contributed by atoms with Gasteiger partial charge < -0.3 is 20.3 Å². The molecule has 0 amide bonds. The molecule has 2 fully saturated rings. The molecule has 5 heteroatoms. The minimum absolute atomic E-state index is 0.395. The molecule has 1 saturated heterocycles. The van der Waals surface area contributed by atoms with Crippen LogP contribution in [0, 0.1) is 11.3 Å². The van der Waals surface area contributed by atoms with Gasteiger partial charge in [0.15, 0.2) is 5.96 Å². The third-order valence-corrected chi connectivity index (χ3v) is 5.21. The van der Waals surface area contributed by atoms with Crippen molar-refractivity contribution in [2.75, 3.05) is 53.5 Å². The zero-order valence-electron chi connectivity index (χ0n) is 14.7. The van der Waals surface area contributed by atoms with Crippen LogP contribution < -0.4 is 10.6 Å². The topological polar surface area (TPSA) is 48.9 Å². The molecule has 2 rings (SSSR count). The summed E-state index contributed by atoms with van der Waals surface area (Å²) in [6, 6.07) is 0. The number of likely N-dealkylation sites (tertiary alicyclic amines) is 1. The number of hydrogen-bond acceptors (Lipinski definition) is 3. The SMILES string of the molecule is CCNC(=NCC1(CCOC)CCC1)NCC1CCN(C)C1. The Hall–Kier alpha value is -0.810. The van der Waals surface area contributed by atoms with Gasteiger partial charge >= 0.3 is 0 Å². The lowest BCUT2D eigenvalue weighted by Gasteiger charge is -2.40. The average molecular weight is 310 g/mol. The molecule has 1 unspecified atom stereocenters. The van der Waals surface area contributed by atoms with Gasteiger partial charge in [0.2, 0.25) is 0 Å². The maximum atomic E-state index is 5.27. The summed E-state index contributed by atoms with van der Waals surface area (Å²) in [6.07, 6.45) is 6.37. The van der Waals surface area contributed by atoms with Crippen LogP contribution >= 0.6 is 0 Å². The zero-order valence-corrected chi connectivity index (χ0v) is 14.7. The van der Waals surface area contributed by atoms with Crippen molar-refractivity contribution in [1.82, 2.24) is 15.5 Å². The predicted octanol–water partition coefficient (Wildman–Crippen LogP) is 1.70. The minimum Gasteiger partial charge on any atom is -0.385 e. The molecule has 128 valence electrons. The van der Waals surface area contributed by atoms with E-state index in [1.54, 1.807) is 7.11 Å². The molecule has 1 heterocycles. The maximum absolute atomic E-state index is 5.27. The lowest BCUT2D eigenvalue weighted by atomic mass is 9.67. The van der Waals surface area contributed by atoms with E-state index in [-0.39, 0.29) is 0 Å². The number of ether oxygens (including phenoxy) is 1. The van der Waals surface area contributed by atoms with Gasteiger partial charge in [-0.3, -0.25) is 4.99 Å². The first-order valence-corrected chi connectivity index (χ1v) is 8.87. The van der Waals surface area contributed by atoms with Crippen molar-refractivity contribution < 1.29 is 4.74 Å². The van der Waals surface area contributed by atoms with Crippen LogP contribution in [-0.2, 0) is 4.74 Å². The fourth-order valence-electron chi connectivity index (χ4n) is 3.50. The van der Waals surface area contributed by atoms with Gasteiger partial charge in [0.25, 0.3) is 0 Å². The summed E-state index contributed by atoms with van der Waals surface area (Å²) in [5.41, 5.74) is 0.395. The summed E-state index contributed by atoms with van der Waals surface area (Å²) in [5.74, 6) is 1.74. The number of methoxy groups -OCH3 is 1. The lowest BCUT2D eigenvalue weighted by Crippen LogP contribution is -2.42. The second-order valence-electron chi connectivity index (χ2n) is 7.09. The number of aliphatic imine (C=N–C) groups is 1. The van der Waals surface area contributed by atoms with Crippen molar-refractivity contribution in [3.05, 3.63) is 0 Å². The minimum atomic E-state index is 0.395. The molecule has 1 aliphatic heterocycles. The van der Waals surface area contributed by atoms with E-state index < -0.39 is 0 Å². The molecule has 0 bridgehead atoms. The van der Waals surface area contributed by atoms with Crippen molar-refractivity contribution in [1.29, 1.82) is 0 Å². The van der Waals surface area contributed by atoms with E-state index in [4.69, 9.17) is 9.73 Å². The fraction of sp³-hybridized carbons (Fsp3) is 0.941. The van der Waals surface area contributed by atoms with Gasteiger partial charge in [-0.05, 0) is 57.5 Å². The van der Waals surface area contributed by atoms with Gasteiger partial charge in [0, 0.05) is 39.9 Å². The van der Waals surface area contributed by atoms with Crippen molar-refractivity contribution >= 4 is 5.96 Å². The van der Waals surface area contributed by atoms with Gasteiger partial charge in [0.1, 0.15) is 0 Å². The van der Waals surface area contributed by atoms with Gasteiger partial charge in [0.05, 0.1) is 0 Å². The largest absolute Gasteiger partial charge is 0.385 e. The van der Waals surface area contributed by atoms with Crippen molar-refractivity contribution in [3.63, 3.8) is 0 Å². The first-order chi connectivity index (χ1) is 10.7. The monoisotopic (exact) mass is 310 g/mol. The Morgan fingerprint density at radius 3 is 2.73 bits per heavy atom.